The third-order valence-electron chi connectivity index (χ3n) is 10.9. The van der Waals surface area contributed by atoms with Gasteiger partial charge in [-0.15, -0.1) is 0 Å². The lowest BCUT2D eigenvalue weighted by Crippen LogP contribution is -2.45. The van der Waals surface area contributed by atoms with Crippen molar-refractivity contribution in [3.05, 3.63) is 42.3 Å². The first-order chi connectivity index (χ1) is 28.5. The van der Waals surface area contributed by atoms with Gasteiger partial charge in [0.1, 0.15) is 17.0 Å². The molecule has 0 spiro atoms. The number of pyridine rings is 2. The minimum atomic E-state index is -3.88. The van der Waals surface area contributed by atoms with Crippen LogP contribution in [0.2, 0.25) is 0 Å². The number of aromatic nitrogens is 2. The third-order valence-corrected chi connectivity index (χ3v) is 12.6. The minimum Gasteiger partial charge on any atom is -0.444 e. The number of carbonyl (C=O) groups excluding carboxylic acids is 2. The Morgan fingerprint density at radius 3 is 1.52 bits per heavy atom. The number of amides is 2. The van der Waals surface area contributed by atoms with Gasteiger partial charge in [-0.05, 0) is 156 Å². The fourth-order valence-corrected chi connectivity index (χ4v) is 8.55. The van der Waals surface area contributed by atoms with Crippen LogP contribution < -0.4 is 21.3 Å². The van der Waals surface area contributed by atoms with Crippen LogP contribution in [0, 0.1) is 29.6 Å². The lowest BCUT2D eigenvalue weighted by Gasteiger charge is -2.33. The molecule has 2 aliphatic rings. The second kappa shape index (κ2) is 22.0. The highest BCUT2D eigenvalue weighted by Crippen LogP contribution is 2.38. The maximum absolute atomic E-state index is 12.6. The smallest absolute Gasteiger partial charge is 0.410 e. The first kappa shape index (κ1) is 55.5. The number of nitrogens with zero attached hydrogens (tertiary/aromatic N) is 4. The van der Waals surface area contributed by atoms with Crippen LogP contribution in [0.15, 0.2) is 46.5 Å². The van der Waals surface area contributed by atoms with Crippen LogP contribution >= 0.6 is 0 Å². The van der Waals surface area contributed by atoms with Crippen molar-refractivity contribution >= 4 is 38.1 Å². The molecule has 16 nitrogen and oxygen atoms in total. The van der Waals surface area contributed by atoms with Gasteiger partial charge in [0.25, 0.3) is 20.0 Å². The van der Waals surface area contributed by atoms with Gasteiger partial charge in [0, 0.05) is 36.3 Å². The molecule has 0 bridgehead atoms. The number of nitrogens with two attached hydrogens (primary N) is 3. The Labute approximate surface area is 377 Å². The van der Waals surface area contributed by atoms with Crippen molar-refractivity contribution in [2.75, 3.05) is 18.4 Å². The lowest BCUT2D eigenvalue weighted by molar-refractivity contribution is 0.0118. The molecule has 2 aliphatic heterocycles. The van der Waals surface area contributed by atoms with Crippen LogP contribution in [-0.4, -0.2) is 96.2 Å². The number of primary sulfonamides is 2. The molecule has 63 heavy (non-hydrogen) atoms. The molecule has 19 heteroatoms. The number of anilines is 1. The summed E-state index contributed by atoms with van der Waals surface area (Å²) in [7, 11) is -7.72. The summed E-state index contributed by atoms with van der Waals surface area (Å²) in [5.41, 5.74) is 4.80. The number of sulfonamides is 2. The topological polar surface area (TPSA) is 243 Å². The van der Waals surface area contributed by atoms with E-state index in [9.17, 15) is 30.8 Å². The summed E-state index contributed by atoms with van der Waals surface area (Å²) in [5.74, 6) is 1.35. The summed E-state index contributed by atoms with van der Waals surface area (Å²) < 4.78 is 67.6. The van der Waals surface area contributed by atoms with Gasteiger partial charge in [-0.2, -0.15) is 4.39 Å². The standard InChI is InChI=1S/C22H38N4O4S.C17H34N2O2.C5H5FN2O2S/c1-15(2)17(24-18-9-8-10-19(25-18)31(23,28)29)12-11-16-13-22(6,7)26(14-16)20(27)30-21(3,4)5;1-12(2)14(18)9-8-13-10-17(6,7)19(11-13)15(20)21-16(3,4)5;6-4-2-1-3-5(8-4)11(7,9)10/h8-10,15-17H,11-14H2,1-7H3,(H,24,25)(H2,23,28,29);12-14H,8-11,18H2,1-7H3;1-3H,(H2,7,9,10)/t16-,17?;13-,14?;/m00./s1. The van der Waals surface area contributed by atoms with Gasteiger partial charge in [-0.1, -0.05) is 39.8 Å². The predicted octanol–water partition coefficient (Wildman–Crippen LogP) is 7.63. The van der Waals surface area contributed by atoms with Crippen LogP contribution in [0.3, 0.4) is 0 Å². The molecule has 2 fully saturated rings. The zero-order valence-corrected chi connectivity index (χ0v) is 41.7. The Morgan fingerprint density at radius 1 is 0.746 bits per heavy atom. The summed E-state index contributed by atoms with van der Waals surface area (Å²) in [4.78, 5) is 35.9. The normalized spacial score (nSPS) is 19.7. The monoisotopic (exact) mass is 929 g/mol. The molecule has 4 atom stereocenters. The van der Waals surface area contributed by atoms with Gasteiger partial charge in [0.15, 0.2) is 10.1 Å². The van der Waals surface area contributed by atoms with E-state index in [1.807, 2.05) is 51.3 Å². The predicted molar refractivity (Wildman–Crippen MR) is 245 cm³/mol. The highest BCUT2D eigenvalue weighted by atomic mass is 32.2. The lowest BCUT2D eigenvalue weighted by atomic mass is 9.89. The number of halogens is 1. The van der Waals surface area contributed by atoms with Gasteiger partial charge in [0.2, 0.25) is 5.95 Å². The fraction of sp³-hybridized carbons (Fsp3) is 0.727. The van der Waals surface area contributed by atoms with Gasteiger partial charge in [-0.3, -0.25) is 0 Å². The van der Waals surface area contributed by atoms with E-state index in [1.165, 1.54) is 12.1 Å². The van der Waals surface area contributed by atoms with Crippen molar-refractivity contribution in [2.24, 2.45) is 39.7 Å². The number of hydrogen-bond acceptors (Lipinski definition) is 12. The Balaban J connectivity index is 0.000000365. The summed E-state index contributed by atoms with van der Waals surface area (Å²) >= 11 is 0. The second-order valence-electron chi connectivity index (χ2n) is 20.8. The van der Waals surface area contributed by atoms with E-state index in [4.69, 9.17) is 20.3 Å². The number of likely N-dealkylation sites (tertiary alicyclic amines) is 2. The molecule has 0 aliphatic carbocycles. The Hall–Kier alpha value is -3.65. The summed E-state index contributed by atoms with van der Waals surface area (Å²) in [6, 6.07) is 8.51. The van der Waals surface area contributed by atoms with Crippen LogP contribution in [0.4, 0.5) is 19.8 Å². The van der Waals surface area contributed by atoms with Crippen LogP contribution in [-0.2, 0) is 29.5 Å². The zero-order chi connectivity index (χ0) is 48.5. The van der Waals surface area contributed by atoms with Gasteiger partial charge >= 0.3 is 12.2 Å². The van der Waals surface area contributed by atoms with Crippen molar-refractivity contribution in [1.29, 1.82) is 0 Å². The number of carbonyl (C=O) groups is 2. The Bertz CT molecular complexity index is 2040. The molecule has 2 unspecified atom stereocenters. The molecule has 0 aromatic carbocycles. The van der Waals surface area contributed by atoms with E-state index in [0.29, 0.717) is 36.0 Å². The quantitative estimate of drug-likeness (QED) is 0.150. The average Bonchev–Trinajstić information content (AvgIpc) is 3.60. The first-order valence-corrected chi connectivity index (χ1v) is 24.8. The maximum Gasteiger partial charge on any atom is 0.410 e. The number of ether oxygens (including phenoxy) is 2. The van der Waals surface area contributed by atoms with Gasteiger partial charge in [0.05, 0.1) is 0 Å². The molecular formula is C44H77FN8O8S2. The van der Waals surface area contributed by atoms with Crippen molar-refractivity contribution in [3.63, 3.8) is 0 Å². The molecule has 7 N–H and O–H groups in total. The Morgan fingerprint density at radius 2 is 1.16 bits per heavy atom. The number of nitrogens with one attached hydrogen (secondary N) is 1. The molecule has 0 radical (unpaired) electrons. The molecular weight excluding hydrogens is 852 g/mol. The van der Waals surface area contributed by atoms with E-state index in [1.54, 1.807) is 12.1 Å². The molecule has 0 saturated carbocycles. The number of hydrogen-bond donors (Lipinski definition) is 4. The summed E-state index contributed by atoms with van der Waals surface area (Å²) in [5, 5.41) is 12.6. The maximum atomic E-state index is 12.6. The van der Waals surface area contributed by atoms with E-state index in [0.717, 1.165) is 57.2 Å². The average molecular weight is 929 g/mol. The van der Waals surface area contributed by atoms with E-state index < -0.39 is 42.2 Å². The molecule has 2 amide bonds. The second-order valence-corrected chi connectivity index (χ2v) is 23.8. The molecule has 2 aromatic heterocycles. The summed E-state index contributed by atoms with van der Waals surface area (Å²) in [6.45, 7) is 29.8. The third kappa shape index (κ3) is 19.2. The van der Waals surface area contributed by atoms with Gasteiger partial charge < -0.3 is 30.3 Å². The van der Waals surface area contributed by atoms with E-state index >= 15 is 0 Å². The molecule has 2 saturated heterocycles. The zero-order valence-electron chi connectivity index (χ0n) is 40.1. The molecule has 360 valence electrons. The van der Waals surface area contributed by atoms with E-state index in [-0.39, 0.29) is 40.4 Å². The largest absolute Gasteiger partial charge is 0.444 e. The highest BCUT2D eigenvalue weighted by Gasteiger charge is 2.44. The van der Waals surface area contributed by atoms with Crippen molar-refractivity contribution in [3.8, 4) is 0 Å². The van der Waals surface area contributed by atoms with Crippen molar-refractivity contribution in [2.45, 2.75) is 180 Å². The number of rotatable bonds is 12. The van der Waals surface area contributed by atoms with E-state index in [2.05, 4.69) is 75.8 Å². The van der Waals surface area contributed by atoms with Crippen LogP contribution in [0.25, 0.3) is 0 Å². The summed E-state index contributed by atoms with van der Waals surface area (Å²) in [6.07, 6.45) is 5.41. The molecule has 4 rings (SSSR count). The fourth-order valence-electron chi connectivity index (χ4n) is 7.58. The van der Waals surface area contributed by atoms with Crippen molar-refractivity contribution < 1.29 is 40.3 Å². The SMILES string of the molecule is CC(C)C(CC[C@@H]1CN(C(=O)OC(C)(C)C)C(C)(C)C1)Nc1cccc(S(N)(=O)=O)n1.CC(C)C(N)CC[C@@H]1CN(C(=O)OC(C)(C)C)C(C)(C)C1.NS(=O)(=O)c1cccc(F)n1. The van der Waals surface area contributed by atoms with Gasteiger partial charge in [-0.25, -0.2) is 46.7 Å². The first-order valence-electron chi connectivity index (χ1n) is 21.7. The van der Waals surface area contributed by atoms with Crippen LogP contribution in [0.1, 0.15) is 135 Å². The minimum absolute atomic E-state index is 0.113. The highest BCUT2D eigenvalue weighted by molar-refractivity contribution is 7.89. The molecule has 4 heterocycles. The molecule has 2 aromatic rings. The Kier molecular flexibility index (Phi) is 19.4. The van der Waals surface area contributed by atoms with Crippen LogP contribution in [0.5, 0.6) is 0 Å². The van der Waals surface area contributed by atoms with Crippen molar-refractivity contribution in [1.82, 2.24) is 19.8 Å².